The van der Waals surface area contributed by atoms with Gasteiger partial charge in [-0.2, -0.15) is 13.2 Å². The number of thiazole rings is 1. The maximum absolute atomic E-state index is 14.2. The van der Waals surface area contributed by atoms with Crippen molar-refractivity contribution in [2.75, 3.05) is 26.2 Å². The fourth-order valence-corrected chi connectivity index (χ4v) is 8.81. The van der Waals surface area contributed by atoms with Gasteiger partial charge in [0.05, 0.1) is 23.1 Å². The van der Waals surface area contributed by atoms with Crippen LogP contribution in [-0.4, -0.2) is 76.7 Å². The molecule has 1 N–H and O–H groups in total. The Morgan fingerprint density at radius 3 is 2.42 bits per heavy atom. The third-order valence-electron chi connectivity index (χ3n) is 10.9. The molecule has 2 aliphatic rings. The number of amides is 1. The number of nitrogens with zero attached hydrogens (tertiary/aromatic N) is 7. The van der Waals surface area contributed by atoms with Crippen molar-refractivity contribution in [3.05, 3.63) is 130 Å². The molecule has 0 unspecified atom stereocenters. The highest BCUT2D eigenvalue weighted by Crippen LogP contribution is 2.37. The highest BCUT2D eigenvalue weighted by molar-refractivity contribution is 7.15. The third kappa shape index (κ3) is 7.71. The molecule has 0 saturated carbocycles. The zero-order chi connectivity index (χ0) is 38.3. The molecule has 55 heavy (non-hydrogen) atoms. The van der Waals surface area contributed by atoms with Crippen molar-refractivity contribution >= 4 is 28.3 Å². The Morgan fingerprint density at radius 1 is 0.945 bits per heavy atom. The Kier molecular flexibility index (Phi) is 9.90. The van der Waals surface area contributed by atoms with Gasteiger partial charge in [0.25, 0.3) is 5.56 Å². The van der Waals surface area contributed by atoms with Crippen LogP contribution in [0.15, 0.2) is 103 Å². The molecule has 0 radical (unpaired) electrons. The van der Waals surface area contributed by atoms with Crippen LogP contribution in [-0.2, 0) is 24.1 Å². The minimum atomic E-state index is -4.45. The number of alkyl halides is 3. The molecule has 6 aromatic rings. The lowest BCUT2D eigenvalue weighted by Crippen LogP contribution is -2.53. The third-order valence-corrected chi connectivity index (χ3v) is 12.0. The molecule has 2 aromatic carbocycles. The molecular formula is C41H40F3N7O3S. The predicted octanol–water partition coefficient (Wildman–Crippen LogP) is 6.69. The summed E-state index contributed by atoms with van der Waals surface area (Å²) in [5.41, 5.74) is 1.49. The van der Waals surface area contributed by atoms with Gasteiger partial charge in [-0.05, 0) is 80.8 Å². The summed E-state index contributed by atoms with van der Waals surface area (Å²) in [4.78, 5) is 46.7. The van der Waals surface area contributed by atoms with E-state index in [2.05, 4.69) is 32.0 Å². The zero-order valence-corrected chi connectivity index (χ0v) is 31.0. The SMILES string of the molecule is Cc1ccc(-c2ncc(CN3CC[C@@H](C(=O)N4CCC(O)(Cn5cnc6c(ccn6-c6ccc(C(F)(F)F)cc6)c5=O)CC4)[C@H](c4ccccc4)C3)s2)cn1. The molecule has 0 bridgehead atoms. The molecule has 284 valence electrons. The minimum Gasteiger partial charge on any atom is -0.388 e. The maximum Gasteiger partial charge on any atom is 0.416 e. The van der Waals surface area contributed by atoms with Crippen LogP contribution in [0, 0.1) is 12.8 Å². The number of pyridine rings is 1. The largest absolute Gasteiger partial charge is 0.416 e. The number of aromatic nitrogens is 5. The lowest BCUT2D eigenvalue weighted by Gasteiger charge is -2.43. The summed E-state index contributed by atoms with van der Waals surface area (Å²) in [6.07, 6.45) is 3.61. The number of hydrogen-bond acceptors (Lipinski definition) is 8. The van der Waals surface area contributed by atoms with Gasteiger partial charge in [0.2, 0.25) is 5.91 Å². The molecule has 2 saturated heterocycles. The molecular weight excluding hydrogens is 728 g/mol. The molecule has 1 amide bonds. The Bertz CT molecular complexity index is 2350. The number of likely N-dealkylation sites (tertiary alicyclic amines) is 2. The van der Waals surface area contributed by atoms with Crippen LogP contribution in [0.2, 0.25) is 0 Å². The van der Waals surface area contributed by atoms with Crippen molar-refractivity contribution < 1.29 is 23.1 Å². The van der Waals surface area contributed by atoms with Crippen molar-refractivity contribution in [1.82, 2.24) is 33.9 Å². The smallest absolute Gasteiger partial charge is 0.388 e. The molecule has 0 aliphatic carbocycles. The van der Waals surface area contributed by atoms with Crippen molar-refractivity contribution in [2.24, 2.45) is 5.92 Å². The number of rotatable bonds is 8. The summed E-state index contributed by atoms with van der Waals surface area (Å²) in [5, 5.41) is 12.9. The summed E-state index contributed by atoms with van der Waals surface area (Å²) in [5.74, 6) is -0.112. The lowest BCUT2D eigenvalue weighted by molar-refractivity contribution is -0.142. The summed E-state index contributed by atoms with van der Waals surface area (Å²) in [6.45, 7) is 4.95. The van der Waals surface area contributed by atoms with Crippen molar-refractivity contribution in [3.8, 4) is 16.3 Å². The van der Waals surface area contributed by atoms with Crippen LogP contribution in [0.3, 0.4) is 0 Å². The average Bonchev–Trinajstić information content (AvgIpc) is 3.84. The maximum atomic E-state index is 14.2. The standard InChI is InChI=1S/C41H40F3N7O3S/c1-27-7-8-29(21-45-27)37-46-22-32(55-37)23-48-17-13-33(35(24-48)28-5-3-2-4-6-28)38(52)49-19-15-40(54,16-20-49)25-50-26-47-36-34(39(50)53)14-18-51(36)31-11-9-30(10-12-31)41(42,43)44/h2-12,14,18,21-22,26,33,35,54H,13,15-17,19-20,23-25H2,1H3/t33-,35+/m1/s1. The second-order valence-electron chi connectivity index (χ2n) is 14.7. The summed E-state index contributed by atoms with van der Waals surface area (Å²) < 4.78 is 42.2. The van der Waals surface area contributed by atoms with Crippen LogP contribution >= 0.6 is 11.3 Å². The van der Waals surface area contributed by atoms with Crippen molar-refractivity contribution in [3.63, 3.8) is 0 Å². The molecule has 10 nitrogen and oxygen atoms in total. The van der Waals surface area contributed by atoms with E-state index in [1.54, 1.807) is 28.2 Å². The van der Waals surface area contributed by atoms with Gasteiger partial charge in [-0.1, -0.05) is 30.3 Å². The van der Waals surface area contributed by atoms with E-state index in [-0.39, 0.29) is 35.2 Å². The molecule has 0 spiro atoms. The van der Waals surface area contributed by atoms with Gasteiger partial charge >= 0.3 is 6.18 Å². The van der Waals surface area contributed by atoms with Crippen LogP contribution in [0.25, 0.3) is 27.3 Å². The first kappa shape index (κ1) is 36.8. The van der Waals surface area contributed by atoms with E-state index < -0.39 is 17.3 Å². The first-order valence-electron chi connectivity index (χ1n) is 18.3. The van der Waals surface area contributed by atoms with E-state index in [0.717, 1.165) is 58.5 Å². The van der Waals surface area contributed by atoms with Crippen LogP contribution in [0.4, 0.5) is 13.2 Å². The van der Waals surface area contributed by atoms with E-state index in [0.29, 0.717) is 43.7 Å². The molecule has 4 aromatic heterocycles. The molecule has 2 atom stereocenters. The Labute approximate surface area is 319 Å². The number of fused-ring (bicyclic) bond motifs is 1. The second kappa shape index (κ2) is 14.8. The minimum absolute atomic E-state index is 0.00297. The van der Waals surface area contributed by atoms with Gasteiger partial charge in [0.1, 0.15) is 11.3 Å². The van der Waals surface area contributed by atoms with Gasteiger partial charge in [-0.25, -0.2) is 9.97 Å². The second-order valence-corrected chi connectivity index (χ2v) is 15.8. The lowest BCUT2D eigenvalue weighted by atomic mass is 9.79. The van der Waals surface area contributed by atoms with Crippen molar-refractivity contribution in [2.45, 2.75) is 57.0 Å². The Hall–Kier alpha value is -5.18. The Morgan fingerprint density at radius 2 is 1.71 bits per heavy atom. The predicted molar refractivity (Wildman–Crippen MR) is 204 cm³/mol. The Balaban J connectivity index is 0.921. The number of halogens is 3. The van der Waals surface area contributed by atoms with Gasteiger partial charge in [0, 0.05) is 78.4 Å². The van der Waals surface area contributed by atoms with Gasteiger partial charge in [-0.3, -0.25) is 24.0 Å². The first-order valence-corrected chi connectivity index (χ1v) is 19.2. The number of benzene rings is 2. The van der Waals surface area contributed by atoms with Crippen molar-refractivity contribution in [1.29, 1.82) is 0 Å². The summed E-state index contributed by atoms with van der Waals surface area (Å²) in [7, 11) is 0. The highest BCUT2D eigenvalue weighted by Gasteiger charge is 2.41. The highest BCUT2D eigenvalue weighted by atomic mass is 32.1. The molecule has 6 heterocycles. The monoisotopic (exact) mass is 767 g/mol. The normalized spacial score (nSPS) is 19.2. The molecule has 2 aliphatic heterocycles. The van der Waals surface area contributed by atoms with E-state index in [1.165, 1.54) is 23.0 Å². The summed E-state index contributed by atoms with van der Waals surface area (Å²) in [6, 6.07) is 20.5. The first-order chi connectivity index (χ1) is 26.4. The van der Waals surface area contributed by atoms with E-state index >= 15 is 0 Å². The number of piperidine rings is 2. The molecule has 14 heteroatoms. The fourth-order valence-electron chi connectivity index (χ4n) is 7.86. The van der Waals surface area contributed by atoms with Gasteiger partial charge in [0.15, 0.2) is 5.65 Å². The topological polar surface area (TPSA) is 109 Å². The number of carbonyl (C=O) groups excluding carboxylic acids is 1. The van der Waals surface area contributed by atoms with E-state index in [4.69, 9.17) is 0 Å². The number of carbonyl (C=O) groups is 1. The number of aliphatic hydroxyl groups is 1. The molecule has 2 fully saturated rings. The molecule has 8 rings (SSSR count). The van der Waals surface area contributed by atoms with Gasteiger partial charge in [-0.15, -0.1) is 11.3 Å². The van der Waals surface area contributed by atoms with Gasteiger partial charge < -0.3 is 14.6 Å². The van der Waals surface area contributed by atoms with E-state index in [1.807, 2.05) is 54.5 Å². The fraction of sp³-hybridized carbons (Fsp3) is 0.341. The summed E-state index contributed by atoms with van der Waals surface area (Å²) >= 11 is 1.67. The zero-order valence-electron chi connectivity index (χ0n) is 30.2. The number of hydrogen-bond donors (Lipinski definition) is 1. The van der Waals surface area contributed by atoms with E-state index in [9.17, 15) is 27.9 Å². The van der Waals surface area contributed by atoms with Crippen LogP contribution < -0.4 is 5.56 Å². The average molecular weight is 768 g/mol. The van der Waals surface area contributed by atoms with Crippen LogP contribution in [0.5, 0.6) is 0 Å². The number of aryl methyl sites for hydroxylation is 1. The van der Waals surface area contributed by atoms with Crippen LogP contribution in [0.1, 0.15) is 46.9 Å². The quantitative estimate of drug-likeness (QED) is 0.184.